The van der Waals surface area contributed by atoms with Gasteiger partial charge in [0, 0.05) is 18.0 Å². The van der Waals surface area contributed by atoms with Gasteiger partial charge in [0.1, 0.15) is 0 Å². The fraction of sp³-hybridized carbons (Fsp3) is 0. The van der Waals surface area contributed by atoms with Crippen LogP contribution in [0.15, 0.2) is 85.2 Å². The largest absolute Gasteiger partial charge is 0.309 e. The lowest BCUT2D eigenvalue weighted by atomic mass is 10.2. The molecule has 0 unspecified atom stereocenters. The highest BCUT2D eigenvalue weighted by molar-refractivity contribution is 5.97. The van der Waals surface area contributed by atoms with Crippen LogP contribution in [0, 0.1) is 0 Å². The van der Waals surface area contributed by atoms with E-state index in [9.17, 15) is 9.59 Å². The van der Waals surface area contributed by atoms with Crippen LogP contribution < -0.4 is 10.9 Å². The van der Waals surface area contributed by atoms with Crippen molar-refractivity contribution in [1.82, 2.24) is 30.6 Å². The number of rotatable bonds is 4. The lowest BCUT2D eigenvalue weighted by Crippen LogP contribution is -2.42. The number of carbonyl (C=O) groups is 2. The summed E-state index contributed by atoms with van der Waals surface area (Å²) in [6.07, 6.45) is 2.96. The molecule has 4 rings (SSSR count). The predicted octanol–water partition coefficient (Wildman–Crippen LogP) is 2.40. The lowest BCUT2D eigenvalue weighted by molar-refractivity contribution is 0.0841. The molecule has 0 atom stereocenters. The third kappa shape index (κ3) is 4.01. The summed E-state index contributed by atoms with van der Waals surface area (Å²) in [4.78, 5) is 32.9. The van der Waals surface area contributed by atoms with Gasteiger partial charge in [0.15, 0.2) is 5.82 Å². The van der Waals surface area contributed by atoms with Crippen molar-refractivity contribution in [2.24, 2.45) is 0 Å². The Morgan fingerprint density at radius 2 is 1.48 bits per heavy atom. The van der Waals surface area contributed by atoms with Gasteiger partial charge in [0.2, 0.25) is 5.82 Å². The van der Waals surface area contributed by atoms with E-state index in [1.807, 2.05) is 60.7 Å². The van der Waals surface area contributed by atoms with Gasteiger partial charge in [0.25, 0.3) is 5.91 Å². The van der Waals surface area contributed by atoms with Crippen LogP contribution in [0.5, 0.6) is 0 Å². The Labute approximate surface area is 166 Å². The Morgan fingerprint density at radius 1 is 0.793 bits per heavy atom. The van der Waals surface area contributed by atoms with E-state index in [1.165, 1.54) is 6.20 Å². The Hall–Kier alpha value is -4.33. The number of amides is 2. The van der Waals surface area contributed by atoms with Gasteiger partial charge in [-0.25, -0.2) is 9.67 Å². The van der Waals surface area contributed by atoms with Crippen LogP contribution >= 0.6 is 0 Å². The highest BCUT2D eigenvalue weighted by atomic mass is 16.2. The molecule has 8 nitrogen and oxygen atoms in total. The summed E-state index contributed by atoms with van der Waals surface area (Å²) >= 11 is 0. The van der Waals surface area contributed by atoms with Crippen LogP contribution in [0.3, 0.4) is 0 Å². The summed E-state index contributed by atoms with van der Waals surface area (Å²) in [5, 5.41) is 4.34. The number of aromatic nitrogens is 4. The molecule has 0 spiro atoms. The number of hydrogen-bond donors (Lipinski definition) is 2. The zero-order valence-electron chi connectivity index (χ0n) is 15.2. The van der Waals surface area contributed by atoms with E-state index in [4.69, 9.17) is 0 Å². The average Bonchev–Trinajstić information content (AvgIpc) is 3.25. The van der Waals surface area contributed by atoms with Gasteiger partial charge in [-0.05, 0) is 24.3 Å². The van der Waals surface area contributed by atoms with E-state index in [0.29, 0.717) is 11.4 Å². The minimum atomic E-state index is -0.630. The molecule has 8 heteroatoms. The van der Waals surface area contributed by atoms with Crippen molar-refractivity contribution in [1.29, 1.82) is 0 Å². The summed E-state index contributed by atoms with van der Waals surface area (Å²) in [5.74, 6) is -0.675. The van der Waals surface area contributed by atoms with Gasteiger partial charge in [0.05, 0.1) is 11.3 Å². The molecule has 142 valence electrons. The lowest BCUT2D eigenvalue weighted by Gasteiger charge is -2.05. The van der Waals surface area contributed by atoms with Gasteiger partial charge >= 0.3 is 5.91 Å². The summed E-state index contributed by atoms with van der Waals surface area (Å²) in [7, 11) is 0. The number of para-hydroxylation sites is 1. The Bertz CT molecular complexity index is 1070. The fourth-order valence-electron chi connectivity index (χ4n) is 2.67. The number of carbonyl (C=O) groups excluding carboxylic acids is 2. The molecular formula is C21H16N6O2. The van der Waals surface area contributed by atoms with Gasteiger partial charge in [-0.1, -0.05) is 48.5 Å². The maximum atomic E-state index is 12.5. The Kier molecular flexibility index (Phi) is 5.06. The number of hydrogen-bond acceptors (Lipinski definition) is 5. The van der Waals surface area contributed by atoms with Crippen LogP contribution in [0.1, 0.15) is 21.0 Å². The molecule has 0 aliphatic rings. The van der Waals surface area contributed by atoms with Gasteiger partial charge < -0.3 is 0 Å². The number of benzene rings is 2. The van der Waals surface area contributed by atoms with Crippen molar-refractivity contribution < 1.29 is 9.59 Å². The molecule has 0 saturated carbocycles. The first-order valence-electron chi connectivity index (χ1n) is 8.81. The first-order chi connectivity index (χ1) is 14.2. The first-order valence-corrected chi connectivity index (χ1v) is 8.81. The zero-order chi connectivity index (χ0) is 20.1. The zero-order valence-corrected chi connectivity index (χ0v) is 15.2. The Morgan fingerprint density at radius 3 is 2.17 bits per heavy atom. The topological polar surface area (TPSA) is 102 Å². The molecule has 0 fully saturated rings. The number of hydrazine groups is 1. The second-order valence-corrected chi connectivity index (χ2v) is 6.02. The molecule has 2 amide bonds. The molecule has 2 aromatic heterocycles. The van der Waals surface area contributed by atoms with Crippen molar-refractivity contribution in [3.63, 3.8) is 0 Å². The molecule has 0 saturated heterocycles. The van der Waals surface area contributed by atoms with Crippen molar-refractivity contribution in [2.75, 3.05) is 0 Å². The normalized spacial score (nSPS) is 10.3. The minimum absolute atomic E-state index is 0.0702. The predicted molar refractivity (Wildman–Crippen MR) is 106 cm³/mol. The molecule has 0 radical (unpaired) electrons. The molecule has 2 heterocycles. The number of nitrogens with one attached hydrogen (secondary N) is 2. The van der Waals surface area contributed by atoms with E-state index >= 15 is 0 Å². The molecule has 29 heavy (non-hydrogen) atoms. The smallest absolute Gasteiger partial charge is 0.267 e. The Balaban J connectivity index is 1.60. The maximum absolute atomic E-state index is 12.5. The van der Waals surface area contributed by atoms with Crippen LogP contribution in [-0.4, -0.2) is 31.6 Å². The van der Waals surface area contributed by atoms with Crippen LogP contribution in [0.2, 0.25) is 0 Å². The quantitative estimate of drug-likeness (QED) is 0.526. The SMILES string of the molecule is O=C(NNC(=O)c1nc(-c2ccccc2)n(-c2ccccc2)n1)c1cccnc1. The monoisotopic (exact) mass is 384 g/mol. The highest BCUT2D eigenvalue weighted by Gasteiger charge is 2.19. The second-order valence-electron chi connectivity index (χ2n) is 6.02. The molecule has 4 aromatic rings. The fourth-order valence-corrected chi connectivity index (χ4v) is 2.67. The van der Waals surface area contributed by atoms with Crippen LogP contribution in [-0.2, 0) is 0 Å². The summed E-state index contributed by atoms with van der Waals surface area (Å²) in [6, 6.07) is 22.0. The molecule has 2 aromatic carbocycles. The third-order valence-electron chi connectivity index (χ3n) is 4.06. The molecule has 0 aliphatic heterocycles. The number of pyridine rings is 1. The molecule has 0 aliphatic carbocycles. The summed E-state index contributed by atoms with van der Waals surface area (Å²) in [6.45, 7) is 0. The summed E-state index contributed by atoms with van der Waals surface area (Å²) in [5.41, 5.74) is 6.56. The standard InChI is InChI=1S/C21H16N6O2/c28-20(16-10-7-13-22-14-16)24-25-21(29)18-23-19(15-8-3-1-4-9-15)27(26-18)17-11-5-2-6-12-17/h1-14H,(H,24,28)(H,25,29). The first kappa shape index (κ1) is 18.1. The highest BCUT2D eigenvalue weighted by Crippen LogP contribution is 2.20. The third-order valence-corrected chi connectivity index (χ3v) is 4.06. The van der Waals surface area contributed by atoms with Crippen molar-refractivity contribution in [3.05, 3.63) is 96.6 Å². The van der Waals surface area contributed by atoms with E-state index in [-0.39, 0.29) is 5.82 Å². The molecule has 2 N–H and O–H groups in total. The van der Waals surface area contributed by atoms with Gasteiger partial charge in [-0.3, -0.25) is 25.4 Å². The van der Waals surface area contributed by atoms with Crippen LogP contribution in [0.25, 0.3) is 17.1 Å². The van der Waals surface area contributed by atoms with Gasteiger partial charge in [-0.15, -0.1) is 5.10 Å². The van der Waals surface area contributed by atoms with Crippen LogP contribution in [0.4, 0.5) is 0 Å². The van der Waals surface area contributed by atoms with Crippen molar-refractivity contribution in [2.45, 2.75) is 0 Å². The average molecular weight is 384 g/mol. The second kappa shape index (κ2) is 8.13. The van der Waals surface area contributed by atoms with Crippen molar-refractivity contribution in [3.8, 4) is 17.1 Å². The molecule has 0 bridgehead atoms. The van der Waals surface area contributed by atoms with E-state index < -0.39 is 11.8 Å². The maximum Gasteiger partial charge on any atom is 0.309 e. The van der Waals surface area contributed by atoms with Crippen molar-refractivity contribution >= 4 is 11.8 Å². The summed E-state index contributed by atoms with van der Waals surface area (Å²) < 4.78 is 1.59. The van der Waals surface area contributed by atoms with Gasteiger partial charge in [-0.2, -0.15) is 0 Å². The van der Waals surface area contributed by atoms with E-state index in [1.54, 1.807) is 23.0 Å². The van der Waals surface area contributed by atoms with E-state index in [0.717, 1.165) is 11.3 Å². The molecular weight excluding hydrogens is 368 g/mol. The minimum Gasteiger partial charge on any atom is -0.267 e. The van der Waals surface area contributed by atoms with E-state index in [2.05, 4.69) is 25.9 Å². The number of nitrogens with zero attached hydrogens (tertiary/aromatic N) is 4.